The number of nitrogens with zero attached hydrogens (tertiary/aromatic N) is 1. The molecule has 1 fully saturated rings. The zero-order valence-corrected chi connectivity index (χ0v) is 19.3. The second-order valence-electron chi connectivity index (χ2n) is 6.16. The van der Waals surface area contributed by atoms with Crippen LogP contribution in [0.3, 0.4) is 0 Å². The third-order valence-electron chi connectivity index (χ3n) is 4.34. The standard InChI is InChI=1S/C19H16ClIN2O6S/c1-10(24)28-8-12-13(7-20)30-18-14(22-16(25)11-5-3-2-4-6-11)17(26)23(18)15(12)19(27)29-9-21/h2-7,14,18H,8-9H2,1H3,(H,22,25)/b13-7-/t14?,18-/m1/s1. The highest BCUT2D eigenvalue weighted by molar-refractivity contribution is 14.1. The molecule has 0 spiro atoms. The van der Waals surface area contributed by atoms with E-state index in [4.69, 9.17) is 21.1 Å². The van der Waals surface area contributed by atoms with Gasteiger partial charge < -0.3 is 14.8 Å². The van der Waals surface area contributed by atoms with Gasteiger partial charge in [-0.2, -0.15) is 0 Å². The Bertz CT molecular complexity index is 952. The molecule has 1 saturated heterocycles. The summed E-state index contributed by atoms with van der Waals surface area (Å²) in [5.74, 6) is -2.16. The number of halogens is 2. The predicted octanol–water partition coefficient (Wildman–Crippen LogP) is 2.53. The average Bonchev–Trinajstić information content (AvgIpc) is 2.75. The van der Waals surface area contributed by atoms with Crippen LogP contribution in [0.2, 0.25) is 0 Å². The number of hydrogen-bond donors (Lipinski definition) is 1. The van der Waals surface area contributed by atoms with Gasteiger partial charge in [-0.05, 0) is 34.7 Å². The summed E-state index contributed by atoms with van der Waals surface area (Å²) in [6.45, 7) is 0.986. The Hall–Kier alpha value is -2.05. The van der Waals surface area contributed by atoms with Crippen LogP contribution in [0.25, 0.3) is 0 Å². The Morgan fingerprint density at radius 2 is 1.97 bits per heavy atom. The maximum Gasteiger partial charge on any atom is 0.356 e. The number of carbonyl (C=O) groups is 4. The number of amides is 2. The highest BCUT2D eigenvalue weighted by Gasteiger charge is 2.55. The molecule has 1 N–H and O–H groups in total. The molecule has 1 aromatic rings. The van der Waals surface area contributed by atoms with E-state index in [1.54, 1.807) is 30.3 Å². The van der Waals surface area contributed by atoms with Crippen LogP contribution in [-0.4, -0.2) is 51.3 Å². The Morgan fingerprint density at radius 1 is 1.27 bits per heavy atom. The molecule has 0 aromatic heterocycles. The molecule has 1 aromatic carbocycles. The van der Waals surface area contributed by atoms with Crippen molar-refractivity contribution in [2.24, 2.45) is 0 Å². The van der Waals surface area contributed by atoms with Crippen LogP contribution in [0, 0.1) is 0 Å². The van der Waals surface area contributed by atoms with Crippen molar-refractivity contribution < 1.29 is 28.7 Å². The molecule has 2 amide bonds. The fourth-order valence-corrected chi connectivity index (χ4v) is 4.79. The van der Waals surface area contributed by atoms with Crippen LogP contribution in [0.4, 0.5) is 0 Å². The van der Waals surface area contributed by atoms with Gasteiger partial charge in [0.1, 0.15) is 28.3 Å². The number of rotatable bonds is 6. The molecule has 0 saturated carbocycles. The molecule has 2 aliphatic rings. The number of hydrogen-bond acceptors (Lipinski definition) is 7. The lowest BCUT2D eigenvalue weighted by atomic mass is 10.0. The second-order valence-corrected chi connectivity index (χ2v) is 8.16. The quantitative estimate of drug-likeness (QED) is 0.246. The van der Waals surface area contributed by atoms with E-state index in [-0.39, 0.29) is 22.5 Å². The number of ether oxygens (including phenoxy) is 2. The fraction of sp³-hybridized carbons (Fsp3) is 0.263. The molecule has 2 aliphatic heterocycles. The van der Waals surface area contributed by atoms with E-state index in [1.807, 2.05) is 22.6 Å². The number of β-lactam (4-membered cyclic amide) rings is 1. The number of thioether (sulfide) groups is 1. The third-order valence-corrected chi connectivity index (χ3v) is 6.34. The van der Waals surface area contributed by atoms with Gasteiger partial charge in [0, 0.05) is 28.5 Å². The SMILES string of the molecule is CC(=O)OCC1=C(C(=O)OCI)N2C(=O)C(NC(=O)c3ccccc3)[C@H]2S/C1=C\Cl. The molecule has 3 rings (SSSR count). The summed E-state index contributed by atoms with van der Waals surface area (Å²) >= 11 is 9.01. The smallest absolute Gasteiger partial charge is 0.356 e. The minimum Gasteiger partial charge on any atom is -0.461 e. The van der Waals surface area contributed by atoms with Gasteiger partial charge in [-0.15, -0.1) is 0 Å². The number of alkyl halides is 1. The largest absolute Gasteiger partial charge is 0.461 e. The van der Waals surface area contributed by atoms with E-state index in [1.165, 1.54) is 29.1 Å². The number of carbonyl (C=O) groups excluding carboxylic acids is 4. The van der Waals surface area contributed by atoms with Gasteiger partial charge in [-0.3, -0.25) is 19.3 Å². The fourth-order valence-electron chi connectivity index (χ4n) is 2.98. The van der Waals surface area contributed by atoms with E-state index in [0.29, 0.717) is 10.5 Å². The van der Waals surface area contributed by atoms with Crippen molar-refractivity contribution in [3.8, 4) is 0 Å². The van der Waals surface area contributed by atoms with Crippen LogP contribution in [0.1, 0.15) is 17.3 Å². The molecule has 158 valence electrons. The molecule has 0 aliphatic carbocycles. The van der Waals surface area contributed by atoms with Gasteiger partial charge in [0.05, 0.1) is 0 Å². The van der Waals surface area contributed by atoms with E-state index in [0.717, 1.165) is 0 Å². The van der Waals surface area contributed by atoms with Crippen molar-refractivity contribution in [3.63, 3.8) is 0 Å². The summed E-state index contributed by atoms with van der Waals surface area (Å²) in [5.41, 5.74) is 1.89. The molecular weight excluding hydrogens is 547 g/mol. The highest BCUT2D eigenvalue weighted by Crippen LogP contribution is 2.47. The first-order valence-electron chi connectivity index (χ1n) is 8.65. The third kappa shape index (κ3) is 4.49. The monoisotopic (exact) mass is 562 g/mol. The molecule has 1 unspecified atom stereocenters. The molecule has 30 heavy (non-hydrogen) atoms. The average molecular weight is 563 g/mol. The van der Waals surface area contributed by atoms with Crippen molar-refractivity contribution in [2.75, 3.05) is 11.2 Å². The van der Waals surface area contributed by atoms with Crippen molar-refractivity contribution >= 4 is 69.7 Å². The Kier molecular flexibility index (Phi) is 7.42. The number of benzene rings is 1. The zero-order valence-electron chi connectivity index (χ0n) is 15.6. The number of fused-ring (bicyclic) bond motifs is 1. The van der Waals surface area contributed by atoms with Crippen molar-refractivity contribution in [1.82, 2.24) is 10.2 Å². The lowest BCUT2D eigenvalue weighted by Crippen LogP contribution is -2.70. The van der Waals surface area contributed by atoms with E-state index in [9.17, 15) is 19.2 Å². The normalized spacial score (nSPS) is 21.6. The molecule has 2 atom stereocenters. The topological polar surface area (TPSA) is 102 Å². The van der Waals surface area contributed by atoms with Gasteiger partial charge in [0.25, 0.3) is 11.8 Å². The van der Waals surface area contributed by atoms with Gasteiger partial charge in [0.15, 0.2) is 0 Å². The number of nitrogens with one attached hydrogen (secondary N) is 1. The minimum atomic E-state index is -0.855. The molecule has 0 bridgehead atoms. The highest BCUT2D eigenvalue weighted by atomic mass is 127. The Balaban J connectivity index is 1.90. The molecule has 2 heterocycles. The maximum atomic E-state index is 12.9. The van der Waals surface area contributed by atoms with Crippen molar-refractivity contribution in [1.29, 1.82) is 0 Å². The van der Waals surface area contributed by atoms with Crippen LogP contribution in [-0.2, 0) is 23.9 Å². The first-order chi connectivity index (χ1) is 14.4. The van der Waals surface area contributed by atoms with Gasteiger partial charge in [-0.1, -0.05) is 41.6 Å². The van der Waals surface area contributed by atoms with Gasteiger partial charge in [0.2, 0.25) is 0 Å². The minimum absolute atomic E-state index is 0.0428. The summed E-state index contributed by atoms with van der Waals surface area (Å²) in [4.78, 5) is 50.9. The molecular formula is C19H16ClIN2O6S. The second kappa shape index (κ2) is 9.84. The predicted molar refractivity (Wildman–Crippen MR) is 118 cm³/mol. The van der Waals surface area contributed by atoms with Crippen molar-refractivity contribution in [3.05, 3.63) is 57.6 Å². The first kappa shape index (κ1) is 22.6. The summed E-state index contributed by atoms with van der Waals surface area (Å²) in [5, 5.41) is 2.11. The summed E-state index contributed by atoms with van der Waals surface area (Å²) < 4.78 is 10.2. The number of esters is 2. The maximum absolute atomic E-state index is 12.9. The van der Waals surface area contributed by atoms with Crippen LogP contribution >= 0.6 is 46.0 Å². The lowest BCUT2D eigenvalue weighted by Gasteiger charge is -2.50. The lowest BCUT2D eigenvalue weighted by molar-refractivity contribution is -0.150. The van der Waals surface area contributed by atoms with Gasteiger partial charge >= 0.3 is 11.9 Å². The van der Waals surface area contributed by atoms with Crippen LogP contribution < -0.4 is 5.32 Å². The molecule has 11 heteroatoms. The van der Waals surface area contributed by atoms with Crippen molar-refractivity contribution in [2.45, 2.75) is 18.3 Å². The summed E-state index contributed by atoms with van der Waals surface area (Å²) in [7, 11) is 0. The van der Waals surface area contributed by atoms with Crippen LogP contribution in [0.5, 0.6) is 0 Å². The van der Waals surface area contributed by atoms with Gasteiger partial charge in [-0.25, -0.2) is 4.79 Å². The van der Waals surface area contributed by atoms with E-state index >= 15 is 0 Å². The molecule has 8 nitrogen and oxygen atoms in total. The summed E-state index contributed by atoms with van der Waals surface area (Å²) in [6.07, 6.45) is 0. The van der Waals surface area contributed by atoms with Crippen LogP contribution in [0.15, 0.2) is 52.0 Å². The summed E-state index contributed by atoms with van der Waals surface area (Å²) in [6, 6.07) is 7.63. The van der Waals surface area contributed by atoms with E-state index < -0.39 is 35.2 Å². The van der Waals surface area contributed by atoms with E-state index in [2.05, 4.69) is 5.32 Å². The Labute approximate surface area is 195 Å². The zero-order chi connectivity index (χ0) is 21.8. The first-order valence-corrected chi connectivity index (χ1v) is 11.5. The Morgan fingerprint density at radius 3 is 2.57 bits per heavy atom. The molecule has 0 radical (unpaired) electrons.